The van der Waals surface area contributed by atoms with Crippen LogP contribution in [0, 0.1) is 0 Å². The van der Waals surface area contributed by atoms with Gasteiger partial charge in [0, 0.05) is 33.8 Å². The van der Waals surface area contributed by atoms with Crippen LogP contribution < -0.4 is 0 Å². The number of hydrogen-bond acceptors (Lipinski definition) is 6. The van der Waals surface area contributed by atoms with Crippen molar-refractivity contribution in [2.24, 2.45) is 0 Å². The van der Waals surface area contributed by atoms with Crippen LogP contribution in [-0.2, 0) is 14.6 Å². The standard InChI is InChI=1S/C24H15NO6S/c26-20(18-12-25-19-7-3-1-5-15(18)19)13-31-24(28)14-9-10-17-22(11-14)32(29,30)21-8-4-2-6-16(21)23(17)27/h1-12,25H,13H2. The highest BCUT2D eigenvalue weighted by atomic mass is 32.2. The van der Waals surface area contributed by atoms with E-state index in [1.165, 1.54) is 30.3 Å². The predicted molar refractivity (Wildman–Crippen MR) is 115 cm³/mol. The minimum atomic E-state index is -3.98. The van der Waals surface area contributed by atoms with Crippen LogP contribution in [0.15, 0.2) is 82.7 Å². The predicted octanol–water partition coefficient (Wildman–Crippen LogP) is 3.58. The molecule has 4 aromatic rings. The average Bonchev–Trinajstić information content (AvgIpc) is 3.25. The fourth-order valence-electron chi connectivity index (χ4n) is 3.81. The molecular formula is C24H15NO6S. The summed E-state index contributed by atoms with van der Waals surface area (Å²) in [7, 11) is -3.98. The molecule has 0 amide bonds. The maximum absolute atomic E-state index is 13.0. The Morgan fingerprint density at radius 2 is 1.59 bits per heavy atom. The largest absolute Gasteiger partial charge is 0.454 e. The number of ketones is 2. The molecule has 0 unspecified atom stereocenters. The topological polar surface area (TPSA) is 110 Å². The number of ether oxygens (including phenoxy) is 1. The molecule has 0 radical (unpaired) electrons. The van der Waals surface area contributed by atoms with Crippen molar-refractivity contribution in [3.05, 3.63) is 95.2 Å². The molecule has 0 bridgehead atoms. The molecule has 0 spiro atoms. The van der Waals surface area contributed by atoms with E-state index in [0.29, 0.717) is 10.9 Å². The van der Waals surface area contributed by atoms with Gasteiger partial charge in [-0.3, -0.25) is 9.59 Å². The smallest absolute Gasteiger partial charge is 0.338 e. The molecule has 0 atom stereocenters. The van der Waals surface area contributed by atoms with Gasteiger partial charge in [-0.25, -0.2) is 13.2 Å². The SMILES string of the molecule is O=C(OCC(=O)c1c[nH]c2ccccc12)c1ccc2c(c1)S(=O)(=O)c1ccccc1C2=O. The van der Waals surface area contributed by atoms with Crippen LogP contribution in [0.3, 0.4) is 0 Å². The number of rotatable bonds is 4. The van der Waals surface area contributed by atoms with E-state index < -0.39 is 34.0 Å². The first-order valence-electron chi connectivity index (χ1n) is 9.67. The maximum Gasteiger partial charge on any atom is 0.338 e. The Hall–Kier alpha value is -4.04. The highest BCUT2D eigenvalue weighted by Crippen LogP contribution is 2.34. The van der Waals surface area contributed by atoms with E-state index in [1.54, 1.807) is 24.4 Å². The number of sulfone groups is 1. The second kappa shape index (κ2) is 7.28. The number of esters is 1. The highest BCUT2D eigenvalue weighted by Gasteiger charge is 2.35. The first-order chi connectivity index (χ1) is 15.4. The molecule has 2 heterocycles. The van der Waals surface area contributed by atoms with Gasteiger partial charge in [-0.05, 0) is 36.4 Å². The van der Waals surface area contributed by atoms with Crippen LogP contribution in [0.25, 0.3) is 10.9 Å². The number of aromatic amines is 1. The number of H-pyrrole nitrogens is 1. The minimum Gasteiger partial charge on any atom is -0.454 e. The lowest BCUT2D eigenvalue weighted by atomic mass is 10.0. The third-order valence-electron chi connectivity index (χ3n) is 5.40. The Balaban J connectivity index is 1.40. The number of benzene rings is 3. The van der Waals surface area contributed by atoms with Gasteiger partial charge >= 0.3 is 5.97 Å². The molecule has 3 aromatic carbocycles. The van der Waals surface area contributed by atoms with Gasteiger partial charge in [-0.15, -0.1) is 0 Å². The van der Waals surface area contributed by atoms with Crippen molar-refractivity contribution in [1.82, 2.24) is 4.98 Å². The van der Waals surface area contributed by atoms with Gasteiger partial charge in [0.2, 0.25) is 15.6 Å². The molecule has 7 nitrogen and oxygen atoms in total. The van der Waals surface area contributed by atoms with Crippen molar-refractivity contribution < 1.29 is 27.5 Å². The number of aromatic nitrogens is 1. The molecule has 5 rings (SSSR count). The van der Waals surface area contributed by atoms with E-state index in [0.717, 1.165) is 11.6 Å². The second-order valence-electron chi connectivity index (χ2n) is 7.29. The fraction of sp³-hybridized carbons (Fsp3) is 0.0417. The van der Waals surface area contributed by atoms with E-state index in [2.05, 4.69) is 4.98 Å². The molecule has 1 aromatic heterocycles. The number of Topliss-reactive ketones (excluding diaryl/α,β-unsaturated/α-hetero) is 1. The van der Waals surface area contributed by atoms with E-state index in [1.807, 2.05) is 12.1 Å². The van der Waals surface area contributed by atoms with Gasteiger partial charge in [0.1, 0.15) is 0 Å². The number of hydrogen-bond donors (Lipinski definition) is 1. The summed E-state index contributed by atoms with van der Waals surface area (Å²) in [5, 5.41) is 0.714. The highest BCUT2D eigenvalue weighted by molar-refractivity contribution is 7.91. The van der Waals surface area contributed by atoms with E-state index in [4.69, 9.17) is 4.74 Å². The van der Waals surface area contributed by atoms with Crippen molar-refractivity contribution in [2.45, 2.75) is 9.79 Å². The van der Waals surface area contributed by atoms with E-state index in [-0.39, 0.29) is 26.5 Å². The summed E-state index contributed by atoms with van der Waals surface area (Å²) in [4.78, 5) is 40.4. The van der Waals surface area contributed by atoms with E-state index >= 15 is 0 Å². The van der Waals surface area contributed by atoms with E-state index in [9.17, 15) is 22.8 Å². The maximum atomic E-state index is 13.0. The lowest BCUT2D eigenvalue weighted by molar-refractivity contribution is 0.0475. The van der Waals surface area contributed by atoms with Crippen LogP contribution in [0.2, 0.25) is 0 Å². The Bertz CT molecular complexity index is 1550. The van der Waals surface area contributed by atoms with Crippen molar-refractivity contribution in [1.29, 1.82) is 0 Å². The lowest BCUT2D eigenvalue weighted by Gasteiger charge is -2.19. The molecular weight excluding hydrogens is 430 g/mol. The van der Waals surface area contributed by atoms with Crippen LogP contribution in [0.4, 0.5) is 0 Å². The molecule has 32 heavy (non-hydrogen) atoms. The number of fused-ring (bicyclic) bond motifs is 3. The molecule has 158 valence electrons. The Morgan fingerprint density at radius 1 is 0.875 bits per heavy atom. The third-order valence-corrected chi connectivity index (χ3v) is 7.25. The monoisotopic (exact) mass is 445 g/mol. The lowest BCUT2D eigenvalue weighted by Crippen LogP contribution is -2.21. The van der Waals surface area contributed by atoms with Crippen molar-refractivity contribution in [2.75, 3.05) is 6.61 Å². The number of carbonyl (C=O) groups excluding carboxylic acids is 3. The first-order valence-corrected chi connectivity index (χ1v) is 11.2. The van der Waals surface area contributed by atoms with Gasteiger partial charge < -0.3 is 9.72 Å². The molecule has 8 heteroatoms. The Labute approximate surface area is 182 Å². The van der Waals surface area contributed by atoms with Gasteiger partial charge in [0.15, 0.2) is 12.4 Å². The molecule has 1 aliphatic heterocycles. The van der Waals surface area contributed by atoms with Crippen molar-refractivity contribution >= 4 is 38.3 Å². The summed E-state index contributed by atoms with van der Waals surface area (Å²) in [6.07, 6.45) is 1.55. The van der Waals surface area contributed by atoms with Crippen molar-refractivity contribution in [3.8, 4) is 0 Å². The Kier molecular flexibility index (Phi) is 4.53. The van der Waals surface area contributed by atoms with Crippen LogP contribution in [0.5, 0.6) is 0 Å². The molecule has 1 aliphatic rings. The summed E-state index contributed by atoms with van der Waals surface area (Å²) < 4.78 is 31.1. The van der Waals surface area contributed by atoms with Gasteiger partial charge in [0.05, 0.1) is 15.4 Å². The van der Waals surface area contributed by atoms with Crippen molar-refractivity contribution in [3.63, 3.8) is 0 Å². The third kappa shape index (κ3) is 3.04. The zero-order valence-corrected chi connectivity index (χ0v) is 17.3. The number of para-hydroxylation sites is 1. The molecule has 0 aliphatic carbocycles. The van der Waals surface area contributed by atoms with Gasteiger partial charge in [-0.1, -0.05) is 30.3 Å². The summed E-state index contributed by atoms with van der Waals surface area (Å²) in [6, 6.07) is 16.9. The summed E-state index contributed by atoms with van der Waals surface area (Å²) in [6.45, 7) is -0.508. The van der Waals surface area contributed by atoms with Crippen LogP contribution in [0.1, 0.15) is 36.6 Å². The van der Waals surface area contributed by atoms with Crippen LogP contribution >= 0.6 is 0 Å². The zero-order valence-electron chi connectivity index (χ0n) is 16.5. The second-order valence-corrected chi connectivity index (χ2v) is 9.17. The summed E-state index contributed by atoms with van der Waals surface area (Å²) in [5.74, 6) is -1.69. The fourth-order valence-corrected chi connectivity index (χ4v) is 5.48. The quantitative estimate of drug-likeness (QED) is 0.334. The number of nitrogens with one attached hydrogen (secondary N) is 1. The minimum absolute atomic E-state index is 0.00452. The average molecular weight is 445 g/mol. The van der Waals surface area contributed by atoms with Crippen LogP contribution in [-0.4, -0.2) is 37.5 Å². The molecule has 0 saturated carbocycles. The van der Waals surface area contributed by atoms with Gasteiger partial charge in [0.25, 0.3) is 0 Å². The van der Waals surface area contributed by atoms with Gasteiger partial charge in [-0.2, -0.15) is 0 Å². The Morgan fingerprint density at radius 3 is 2.44 bits per heavy atom. The molecule has 0 saturated heterocycles. The molecule has 0 fully saturated rings. The summed E-state index contributed by atoms with van der Waals surface area (Å²) in [5.41, 5.74) is 1.21. The summed E-state index contributed by atoms with van der Waals surface area (Å²) >= 11 is 0. The first kappa shape index (κ1) is 19.9. The number of carbonyl (C=O) groups is 3. The normalized spacial score (nSPS) is 13.9. The molecule has 1 N–H and O–H groups in total. The zero-order chi connectivity index (χ0) is 22.5.